The van der Waals surface area contributed by atoms with Gasteiger partial charge in [0.15, 0.2) is 0 Å². The third kappa shape index (κ3) is 4.34. The second-order valence-corrected chi connectivity index (χ2v) is 6.11. The van der Waals surface area contributed by atoms with Gasteiger partial charge in [0.1, 0.15) is 0 Å². The van der Waals surface area contributed by atoms with Crippen molar-refractivity contribution >= 4 is 28.5 Å². The summed E-state index contributed by atoms with van der Waals surface area (Å²) in [5.41, 5.74) is 2.04. The van der Waals surface area contributed by atoms with Crippen LogP contribution in [-0.2, 0) is 0 Å². The van der Waals surface area contributed by atoms with Crippen LogP contribution in [0.2, 0.25) is 0 Å². The maximum Gasteiger partial charge on any atom is 0.251 e. The van der Waals surface area contributed by atoms with Crippen molar-refractivity contribution in [2.24, 2.45) is 0 Å². The van der Waals surface area contributed by atoms with Crippen LogP contribution in [0.5, 0.6) is 0 Å². The molecule has 1 atom stereocenters. The molecule has 2 aromatic carbocycles. The lowest BCUT2D eigenvalue weighted by molar-refractivity contribution is 0.0952. The largest absolute Gasteiger partial charge is 0.352 e. The summed E-state index contributed by atoms with van der Waals surface area (Å²) in [6.07, 6.45) is 0.945. The van der Waals surface area contributed by atoms with Crippen LogP contribution >= 0.6 is 22.6 Å². The van der Waals surface area contributed by atoms with Crippen LogP contribution in [0.1, 0.15) is 35.2 Å². The molecule has 0 aliphatic rings. The molecule has 1 N–H and O–H groups in total. The molecule has 2 nitrogen and oxygen atoms in total. The summed E-state index contributed by atoms with van der Waals surface area (Å²) >= 11 is 2.23. The summed E-state index contributed by atoms with van der Waals surface area (Å²) in [5, 5.41) is 2.98. The quantitative estimate of drug-likeness (QED) is 0.775. The minimum atomic E-state index is 0.00154. The molecule has 0 saturated heterocycles. The zero-order valence-electron chi connectivity index (χ0n) is 11.5. The molecule has 0 fully saturated rings. The summed E-state index contributed by atoms with van der Waals surface area (Å²) in [6, 6.07) is 18.0. The molecule has 0 bridgehead atoms. The van der Waals surface area contributed by atoms with Gasteiger partial charge >= 0.3 is 0 Å². The van der Waals surface area contributed by atoms with Gasteiger partial charge in [-0.05, 0) is 64.8 Å². The number of benzene rings is 2. The Labute approximate surface area is 133 Å². The lowest BCUT2D eigenvalue weighted by atomic mass is 9.98. The standard InChI is InChI=1S/C17H18INO/c1-13(14-5-3-2-4-6-14)11-12-19-17(20)15-7-9-16(18)10-8-15/h2-10,13H,11-12H2,1H3,(H,19,20). The molecule has 0 aromatic heterocycles. The Kier molecular flexibility index (Phi) is 5.59. The first-order chi connectivity index (χ1) is 9.66. The van der Waals surface area contributed by atoms with Gasteiger partial charge in [-0.3, -0.25) is 4.79 Å². The predicted molar refractivity (Wildman–Crippen MR) is 91.0 cm³/mol. The Bertz CT molecular complexity index is 551. The molecule has 0 spiro atoms. The van der Waals surface area contributed by atoms with Crippen molar-refractivity contribution in [2.45, 2.75) is 19.3 Å². The van der Waals surface area contributed by atoms with Gasteiger partial charge in [-0.15, -0.1) is 0 Å². The van der Waals surface area contributed by atoms with E-state index in [1.54, 1.807) is 0 Å². The molecule has 1 amide bonds. The van der Waals surface area contributed by atoms with Crippen molar-refractivity contribution in [3.63, 3.8) is 0 Å². The van der Waals surface area contributed by atoms with E-state index in [2.05, 4.69) is 59.1 Å². The van der Waals surface area contributed by atoms with E-state index in [1.807, 2.05) is 30.3 Å². The Hall–Kier alpha value is -1.36. The normalized spacial score (nSPS) is 11.9. The smallest absolute Gasteiger partial charge is 0.251 e. The Morgan fingerprint density at radius 1 is 1.10 bits per heavy atom. The van der Waals surface area contributed by atoms with Crippen molar-refractivity contribution in [2.75, 3.05) is 6.54 Å². The fourth-order valence-electron chi connectivity index (χ4n) is 2.05. The number of amides is 1. The van der Waals surface area contributed by atoms with Gasteiger partial charge in [0.25, 0.3) is 5.91 Å². The Morgan fingerprint density at radius 2 is 1.75 bits per heavy atom. The monoisotopic (exact) mass is 379 g/mol. The lowest BCUT2D eigenvalue weighted by Gasteiger charge is -2.12. The molecule has 2 rings (SSSR count). The summed E-state index contributed by atoms with van der Waals surface area (Å²) in [6.45, 7) is 2.88. The number of hydrogen-bond donors (Lipinski definition) is 1. The third-order valence-corrected chi connectivity index (χ3v) is 4.06. The molecule has 0 heterocycles. The van der Waals surface area contributed by atoms with Gasteiger partial charge < -0.3 is 5.32 Å². The molecule has 0 aliphatic heterocycles. The SMILES string of the molecule is CC(CCNC(=O)c1ccc(I)cc1)c1ccccc1. The average Bonchev–Trinajstić information content (AvgIpc) is 2.48. The zero-order chi connectivity index (χ0) is 14.4. The van der Waals surface area contributed by atoms with E-state index >= 15 is 0 Å². The van der Waals surface area contributed by atoms with Crippen molar-refractivity contribution in [3.8, 4) is 0 Å². The van der Waals surface area contributed by atoms with E-state index in [4.69, 9.17) is 0 Å². The second kappa shape index (κ2) is 7.43. The van der Waals surface area contributed by atoms with Crippen molar-refractivity contribution in [3.05, 3.63) is 69.3 Å². The number of carbonyl (C=O) groups excluding carboxylic acids is 1. The van der Waals surface area contributed by atoms with E-state index in [1.165, 1.54) is 5.56 Å². The second-order valence-electron chi connectivity index (χ2n) is 4.86. The highest BCUT2D eigenvalue weighted by Crippen LogP contribution is 2.17. The first-order valence-electron chi connectivity index (χ1n) is 6.75. The summed E-state index contributed by atoms with van der Waals surface area (Å²) in [7, 11) is 0. The van der Waals surface area contributed by atoms with Crippen LogP contribution in [0.3, 0.4) is 0 Å². The molecular formula is C17H18INO. The van der Waals surface area contributed by atoms with Crippen molar-refractivity contribution in [1.29, 1.82) is 0 Å². The molecule has 0 saturated carbocycles. The van der Waals surface area contributed by atoms with E-state index in [0.29, 0.717) is 12.5 Å². The molecule has 20 heavy (non-hydrogen) atoms. The third-order valence-electron chi connectivity index (χ3n) is 3.34. The molecule has 3 heteroatoms. The number of carbonyl (C=O) groups is 1. The minimum absolute atomic E-state index is 0.00154. The molecular weight excluding hydrogens is 361 g/mol. The Balaban J connectivity index is 1.81. The number of rotatable bonds is 5. The lowest BCUT2D eigenvalue weighted by Crippen LogP contribution is -2.25. The average molecular weight is 379 g/mol. The highest BCUT2D eigenvalue weighted by atomic mass is 127. The van der Waals surface area contributed by atoms with Crippen LogP contribution in [0.4, 0.5) is 0 Å². The van der Waals surface area contributed by atoms with E-state index < -0.39 is 0 Å². The van der Waals surface area contributed by atoms with Crippen LogP contribution in [-0.4, -0.2) is 12.5 Å². The van der Waals surface area contributed by atoms with E-state index in [0.717, 1.165) is 15.6 Å². The van der Waals surface area contributed by atoms with Crippen LogP contribution in [0.15, 0.2) is 54.6 Å². The first-order valence-corrected chi connectivity index (χ1v) is 7.83. The number of nitrogens with one attached hydrogen (secondary N) is 1. The van der Waals surface area contributed by atoms with Gasteiger partial charge in [-0.2, -0.15) is 0 Å². The highest BCUT2D eigenvalue weighted by molar-refractivity contribution is 14.1. The van der Waals surface area contributed by atoms with E-state index in [-0.39, 0.29) is 5.91 Å². The molecule has 2 aromatic rings. The molecule has 1 unspecified atom stereocenters. The van der Waals surface area contributed by atoms with Gasteiger partial charge in [0.2, 0.25) is 0 Å². The molecule has 104 valence electrons. The van der Waals surface area contributed by atoms with Crippen LogP contribution in [0.25, 0.3) is 0 Å². The van der Waals surface area contributed by atoms with Crippen LogP contribution in [0, 0.1) is 3.57 Å². The van der Waals surface area contributed by atoms with Crippen molar-refractivity contribution < 1.29 is 4.79 Å². The Morgan fingerprint density at radius 3 is 2.40 bits per heavy atom. The number of halogens is 1. The van der Waals surface area contributed by atoms with Crippen molar-refractivity contribution in [1.82, 2.24) is 5.32 Å². The summed E-state index contributed by atoms with van der Waals surface area (Å²) in [5.74, 6) is 0.454. The van der Waals surface area contributed by atoms with Gasteiger partial charge in [-0.1, -0.05) is 37.3 Å². The maximum absolute atomic E-state index is 12.0. The van der Waals surface area contributed by atoms with E-state index in [9.17, 15) is 4.79 Å². The molecule has 0 aliphatic carbocycles. The summed E-state index contributed by atoms with van der Waals surface area (Å²) < 4.78 is 1.14. The zero-order valence-corrected chi connectivity index (χ0v) is 13.6. The molecule has 0 radical (unpaired) electrons. The van der Waals surface area contributed by atoms with Gasteiger partial charge in [0, 0.05) is 15.7 Å². The minimum Gasteiger partial charge on any atom is -0.352 e. The number of hydrogen-bond acceptors (Lipinski definition) is 1. The maximum atomic E-state index is 12.0. The highest BCUT2D eigenvalue weighted by Gasteiger charge is 2.07. The van der Waals surface area contributed by atoms with Gasteiger partial charge in [-0.25, -0.2) is 0 Å². The fraction of sp³-hybridized carbons (Fsp3) is 0.235. The first kappa shape index (κ1) is 15.0. The predicted octanol–water partition coefficient (Wildman–Crippen LogP) is 4.21. The fourth-order valence-corrected chi connectivity index (χ4v) is 2.41. The summed E-state index contributed by atoms with van der Waals surface area (Å²) in [4.78, 5) is 12.0. The van der Waals surface area contributed by atoms with Gasteiger partial charge in [0.05, 0.1) is 0 Å². The topological polar surface area (TPSA) is 29.1 Å². The van der Waals surface area contributed by atoms with Crippen LogP contribution < -0.4 is 5.32 Å².